The van der Waals surface area contributed by atoms with Gasteiger partial charge in [-0.2, -0.15) is 0 Å². The summed E-state index contributed by atoms with van der Waals surface area (Å²) in [6, 6.07) is 9.61. The van der Waals surface area contributed by atoms with Gasteiger partial charge in [-0.3, -0.25) is 4.79 Å². The number of rotatable bonds is 6. The topological polar surface area (TPSA) is 68.3 Å². The maximum Gasteiger partial charge on any atom is 0.348 e. The largest absolute Gasteiger partial charge is 0.455 e. The molecule has 0 atom stereocenters. The van der Waals surface area contributed by atoms with Gasteiger partial charge >= 0.3 is 5.97 Å². The minimum Gasteiger partial charge on any atom is -0.455 e. The molecule has 28 heavy (non-hydrogen) atoms. The van der Waals surface area contributed by atoms with Gasteiger partial charge in [-0.15, -0.1) is 22.7 Å². The Morgan fingerprint density at radius 2 is 2.04 bits per heavy atom. The summed E-state index contributed by atoms with van der Waals surface area (Å²) in [6.07, 6.45) is 3.49. The fourth-order valence-electron chi connectivity index (χ4n) is 3.12. The number of ether oxygens (including phenoxy) is 1. The smallest absolute Gasteiger partial charge is 0.348 e. The van der Waals surface area contributed by atoms with Gasteiger partial charge in [0.05, 0.1) is 12.1 Å². The molecule has 0 spiro atoms. The molecular weight excluding hydrogens is 392 g/mol. The van der Waals surface area contributed by atoms with Gasteiger partial charge in [-0.25, -0.2) is 9.78 Å². The molecule has 0 unspecified atom stereocenters. The van der Waals surface area contributed by atoms with Gasteiger partial charge in [-0.1, -0.05) is 17.7 Å². The van der Waals surface area contributed by atoms with Crippen molar-refractivity contribution < 1.29 is 14.3 Å². The van der Waals surface area contributed by atoms with E-state index in [4.69, 9.17) is 4.74 Å². The highest BCUT2D eigenvalue weighted by Crippen LogP contribution is 2.31. The highest BCUT2D eigenvalue weighted by Gasteiger charge is 2.19. The number of hydrogen-bond donors (Lipinski definition) is 1. The Labute approximate surface area is 171 Å². The second-order valence-electron chi connectivity index (χ2n) is 6.81. The molecule has 0 radical (unpaired) electrons. The fraction of sp³-hybridized carbons (Fsp3) is 0.286. The molecule has 4 rings (SSSR count). The average molecular weight is 413 g/mol. The molecule has 0 fully saturated rings. The highest BCUT2D eigenvalue weighted by atomic mass is 32.1. The minimum atomic E-state index is -0.300. The van der Waals surface area contributed by atoms with E-state index in [1.807, 2.05) is 42.6 Å². The third-order valence-electron chi connectivity index (χ3n) is 4.55. The van der Waals surface area contributed by atoms with Crippen LogP contribution in [0, 0.1) is 6.92 Å². The van der Waals surface area contributed by atoms with Crippen molar-refractivity contribution >= 4 is 40.2 Å². The lowest BCUT2D eigenvalue weighted by atomic mass is 10.2. The van der Waals surface area contributed by atoms with Gasteiger partial charge in [0, 0.05) is 15.9 Å². The van der Waals surface area contributed by atoms with E-state index in [-0.39, 0.29) is 24.9 Å². The van der Waals surface area contributed by atoms with Crippen molar-refractivity contribution in [1.82, 2.24) is 4.98 Å². The number of anilines is 1. The van der Waals surface area contributed by atoms with Crippen LogP contribution in [-0.2, 0) is 35.4 Å². The summed E-state index contributed by atoms with van der Waals surface area (Å²) in [5.74, 6) is -0.416. The van der Waals surface area contributed by atoms with Gasteiger partial charge in [-0.05, 0) is 49.9 Å². The average Bonchev–Trinajstić information content (AvgIpc) is 3.37. The molecule has 7 heteroatoms. The van der Waals surface area contributed by atoms with Crippen LogP contribution in [0.2, 0.25) is 0 Å². The predicted octanol–water partition coefficient (Wildman–Crippen LogP) is 4.54. The molecule has 0 bridgehead atoms. The van der Waals surface area contributed by atoms with Crippen molar-refractivity contribution in [3.05, 3.63) is 67.3 Å². The van der Waals surface area contributed by atoms with E-state index in [0.717, 1.165) is 24.1 Å². The molecule has 1 N–H and O–H groups in total. The molecule has 5 nitrogen and oxygen atoms in total. The third kappa shape index (κ3) is 4.48. The molecular formula is C21H20N2O3S2. The molecule has 0 saturated heterocycles. The minimum absolute atomic E-state index is 0.116. The Morgan fingerprint density at radius 1 is 1.21 bits per heavy atom. The van der Waals surface area contributed by atoms with Crippen molar-refractivity contribution in [3.63, 3.8) is 0 Å². The molecule has 1 aromatic carbocycles. The Kier molecular flexibility index (Phi) is 5.54. The van der Waals surface area contributed by atoms with E-state index in [0.29, 0.717) is 15.6 Å². The molecule has 1 aliphatic rings. The van der Waals surface area contributed by atoms with Crippen molar-refractivity contribution in [2.24, 2.45) is 0 Å². The number of aryl methyl sites for hydroxylation is 3. The van der Waals surface area contributed by atoms with E-state index in [1.165, 1.54) is 39.5 Å². The van der Waals surface area contributed by atoms with Gasteiger partial charge in [0.25, 0.3) is 0 Å². The zero-order chi connectivity index (χ0) is 19.5. The maximum absolute atomic E-state index is 12.2. The number of benzene rings is 1. The summed E-state index contributed by atoms with van der Waals surface area (Å²) in [6.45, 7) is 2.12. The maximum atomic E-state index is 12.2. The van der Waals surface area contributed by atoms with Crippen LogP contribution in [0.15, 0.2) is 35.7 Å². The van der Waals surface area contributed by atoms with Gasteiger partial charge < -0.3 is 10.1 Å². The van der Waals surface area contributed by atoms with E-state index >= 15 is 0 Å². The lowest BCUT2D eigenvalue weighted by Crippen LogP contribution is -2.14. The normalized spacial score (nSPS) is 12.6. The third-order valence-corrected chi connectivity index (χ3v) is 6.66. The first-order chi connectivity index (χ1) is 13.6. The number of aromatic nitrogens is 1. The molecule has 144 valence electrons. The second kappa shape index (κ2) is 8.24. The fourth-order valence-corrected chi connectivity index (χ4v) is 5.04. The second-order valence-corrected chi connectivity index (χ2v) is 8.89. The van der Waals surface area contributed by atoms with E-state index < -0.39 is 0 Å². The molecule has 3 aromatic rings. The first-order valence-electron chi connectivity index (χ1n) is 9.15. The molecule has 1 aliphatic carbocycles. The first kappa shape index (κ1) is 18.8. The molecule has 1 amide bonds. The number of fused-ring (bicyclic) bond motifs is 1. The summed E-state index contributed by atoms with van der Waals surface area (Å²) >= 11 is 2.93. The molecule has 2 aromatic heterocycles. The number of esters is 1. The van der Waals surface area contributed by atoms with Crippen LogP contribution < -0.4 is 5.32 Å². The Hall–Kier alpha value is -2.51. The first-order valence-corrected chi connectivity index (χ1v) is 10.8. The summed E-state index contributed by atoms with van der Waals surface area (Å²) in [4.78, 5) is 30.8. The summed E-state index contributed by atoms with van der Waals surface area (Å²) in [7, 11) is 0. The quantitative estimate of drug-likeness (QED) is 0.604. The van der Waals surface area contributed by atoms with Crippen LogP contribution >= 0.6 is 22.7 Å². The van der Waals surface area contributed by atoms with Crippen molar-refractivity contribution in [3.8, 4) is 0 Å². The van der Waals surface area contributed by atoms with E-state index in [1.54, 1.807) is 0 Å². The summed E-state index contributed by atoms with van der Waals surface area (Å²) < 4.78 is 5.39. The molecule has 2 heterocycles. The Balaban J connectivity index is 1.28. The number of amides is 1. The molecule has 0 aliphatic heterocycles. The SMILES string of the molecule is Cc1ccc(NC(=O)Cc2nc(COC(=O)c3cc4c(s3)CCC4)cs2)cc1. The van der Waals surface area contributed by atoms with Gasteiger partial charge in [0.15, 0.2) is 0 Å². The lowest BCUT2D eigenvalue weighted by Gasteiger charge is -2.04. The van der Waals surface area contributed by atoms with E-state index in [2.05, 4.69) is 10.3 Å². The van der Waals surface area contributed by atoms with Gasteiger partial charge in [0.1, 0.15) is 16.5 Å². The van der Waals surface area contributed by atoms with Crippen LogP contribution in [0.3, 0.4) is 0 Å². The van der Waals surface area contributed by atoms with Crippen LogP contribution in [-0.4, -0.2) is 16.9 Å². The lowest BCUT2D eigenvalue weighted by molar-refractivity contribution is -0.115. The monoisotopic (exact) mass is 412 g/mol. The number of thiophene rings is 1. The number of hydrogen-bond acceptors (Lipinski definition) is 6. The van der Waals surface area contributed by atoms with Crippen LogP contribution in [0.5, 0.6) is 0 Å². The Bertz CT molecular complexity index is 984. The van der Waals surface area contributed by atoms with E-state index in [9.17, 15) is 9.59 Å². The molecule has 0 saturated carbocycles. The van der Waals surface area contributed by atoms with Crippen LogP contribution in [0.1, 0.15) is 42.8 Å². The predicted molar refractivity (Wildman–Crippen MR) is 111 cm³/mol. The van der Waals surface area contributed by atoms with Gasteiger partial charge in [0.2, 0.25) is 5.91 Å². The number of carbonyl (C=O) groups excluding carboxylic acids is 2. The Morgan fingerprint density at radius 3 is 2.82 bits per heavy atom. The number of nitrogens with one attached hydrogen (secondary N) is 1. The van der Waals surface area contributed by atoms with Crippen molar-refractivity contribution in [2.45, 2.75) is 39.2 Å². The number of thiazole rings is 1. The standard InChI is InChI=1S/C21H20N2O3S2/c1-13-5-7-15(8-6-13)22-19(24)10-20-23-16(12-27-20)11-26-21(25)18-9-14-3-2-4-17(14)28-18/h5-9,12H,2-4,10-11H2,1H3,(H,22,24). The zero-order valence-electron chi connectivity index (χ0n) is 15.5. The summed E-state index contributed by atoms with van der Waals surface area (Å²) in [5, 5.41) is 5.39. The highest BCUT2D eigenvalue weighted by molar-refractivity contribution is 7.14. The number of carbonyl (C=O) groups is 2. The number of nitrogens with zero attached hydrogens (tertiary/aromatic N) is 1. The summed E-state index contributed by atoms with van der Waals surface area (Å²) in [5.41, 5.74) is 3.86. The van der Waals surface area contributed by atoms with Crippen LogP contribution in [0.25, 0.3) is 0 Å². The van der Waals surface area contributed by atoms with Crippen LogP contribution in [0.4, 0.5) is 5.69 Å². The van der Waals surface area contributed by atoms with Crippen molar-refractivity contribution in [2.75, 3.05) is 5.32 Å². The van der Waals surface area contributed by atoms with Crippen molar-refractivity contribution in [1.29, 1.82) is 0 Å². The zero-order valence-corrected chi connectivity index (χ0v) is 17.1.